The van der Waals surface area contributed by atoms with Crippen LogP contribution in [0.25, 0.3) is 0 Å². The van der Waals surface area contributed by atoms with E-state index in [-0.39, 0.29) is 5.56 Å². The third kappa shape index (κ3) is 6.33. The SMILES string of the molecule is CCc1c(C#N)c(Sc2ccc(N(C)S(C)(=O)=O)cc2)nc(N2CCN(c3ncc(C(=O)NO)cn3)CC2)c1C#N. The summed E-state index contributed by atoms with van der Waals surface area (Å²) in [5.41, 5.74) is 3.51. The summed E-state index contributed by atoms with van der Waals surface area (Å²) in [6, 6.07) is 11.4. The van der Waals surface area contributed by atoms with Crippen LogP contribution in [0.1, 0.15) is 34.0 Å². The number of aromatic nitrogens is 3. The highest BCUT2D eigenvalue weighted by Crippen LogP contribution is 2.36. The quantitative estimate of drug-likeness (QED) is 0.288. The van der Waals surface area contributed by atoms with Crippen molar-refractivity contribution in [3.05, 3.63) is 58.9 Å². The molecule has 3 aromatic rings. The standard InChI is InChI=1S/C26H27N9O4S2/c1-4-20-21(13-27)23(34-9-11-35(12-10-34)26-29-15-17(16-30-26)24(36)32-37)31-25(22(20)14-28)40-19-7-5-18(6-8-19)33(2)41(3,38)39/h5-8,15-16,37H,4,9-12H2,1-3H3,(H,32,36). The van der Waals surface area contributed by atoms with Crippen LogP contribution < -0.4 is 19.6 Å². The Balaban J connectivity index is 1.60. The summed E-state index contributed by atoms with van der Waals surface area (Å²) >= 11 is 1.28. The Morgan fingerprint density at radius 2 is 1.66 bits per heavy atom. The van der Waals surface area contributed by atoms with Crippen molar-refractivity contribution in [1.82, 2.24) is 20.4 Å². The zero-order valence-corrected chi connectivity index (χ0v) is 24.2. The molecule has 1 aromatic carbocycles. The Hall–Kier alpha value is -4.44. The lowest BCUT2D eigenvalue weighted by molar-refractivity contribution is 0.0705. The molecular formula is C26H27N9O4S2. The second-order valence-electron chi connectivity index (χ2n) is 9.06. The number of carbonyl (C=O) groups excluding carboxylic acids is 1. The Morgan fingerprint density at radius 1 is 1.07 bits per heavy atom. The van der Waals surface area contributed by atoms with Gasteiger partial charge in [0.05, 0.1) is 28.6 Å². The number of hydrogen-bond donors (Lipinski definition) is 2. The summed E-state index contributed by atoms with van der Waals surface area (Å²) in [4.78, 5) is 29.5. The number of pyridine rings is 1. The van der Waals surface area contributed by atoms with Crippen LogP contribution in [0.15, 0.2) is 46.6 Å². The second kappa shape index (κ2) is 12.4. The number of amides is 1. The van der Waals surface area contributed by atoms with E-state index >= 15 is 0 Å². The van der Waals surface area contributed by atoms with E-state index in [4.69, 9.17) is 10.2 Å². The molecule has 2 aromatic heterocycles. The predicted molar refractivity (Wildman–Crippen MR) is 153 cm³/mol. The molecule has 1 amide bonds. The van der Waals surface area contributed by atoms with Gasteiger partial charge < -0.3 is 9.80 Å². The van der Waals surface area contributed by atoms with E-state index < -0.39 is 15.9 Å². The van der Waals surface area contributed by atoms with Gasteiger partial charge in [-0.1, -0.05) is 18.7 Å². The van der Waals surface area contributed by atoms with E-state index in [1.165, 1.54) is 35.5 Å². The average Bonchev–Trinajstić information content (AvgIpc) is 2.99. The second-order valence-corrected chi connectivity index (χ2v) is 12.1. The molecule has 1 aliphatic rings. The minimum atomic E-state index is -3.40. The molecule has 15 heteroatoms. The third-order valence-corrected chi connectivity index (χ3v) is 8.80. The number of anilines is 3. The first-order valence-electron chi connectivity index (χ1n) is 12.5. The highest BCUT2D eigenvalue weighted by molar-refractivity contribution is 7.99. The van der Waals surface area contributed by atoms with E-state index in [9.17, 15) is 23.7 Å². The number of nitriles is 2. The molecule has 0 unspecified atom stereocenters. The molecule has 1 saturated heterocycles. The van der Waals surface area contributed by atoms with Crippen LogP contribution in [0, 0.1) is 22.7 Å². The summed E-state index contributed by atoms with van der Waals surface area (Å²) in [6.45, 7) is 3.96. The van der Waals surface area contributed by atoms with E-state index in [1.54, 1.807) is 29.7 Å². The summed E-state index contributed by atoms with van der Waals surface area (Å²) in [5.74, 6) is 0.229. The minimum absolute atomic E-state index is 0.129. The molecule has 3 heterocycles. The molecule has 4 rings (SSSR count). The van der Waals surface area contributed by atoms with Crippen molar-refractivity contribution in [2.75, 3.05) is 53.6 Å². The molecule has 0 saturated carbocycles. The molecule has 1 fully saturated rings. The van der Waals surface area contributed by atoms with Gasteiger partial charge in [-0.3, -0.25) is 14.3 Å². The Morgan fingerprint density at radius 3 is 2.17 bits per heavy atom. The van der Waals surface area contributed by atoms with Crippen molar-refractivity contribution in [2.24, 2.45) is 0 Å². The molecule has 212 valence electrons. The molecule has 0 atom stereocenters. The lowest BCUT2D eigenvalue weighted by atomic mass is 10.0. The van der Waals surface area contributed by atoms with Crippen LogP contribution in [0.2, 0.25) is 0 Å². The van der Waals surface area contributed by atoms with Gasteiger partial charge in [-0.05, 0) is 36.2 Å². The normalized spacial score (nSPS) is 13.3. The van der Waals surface area contributed by atoms with Crippen LogP contribution in [0.3, 0.4) is 0 Å². The van der Waals surface area contributed by atoms with Gasteiger partial charge in [-0.25, -0.2) is 28.8 Å². The van der Waals surface area contributed by atoms with Crippen LogP contribution in [0.5, 0.6) is 0 Å². The van der Waals surface area contributed by atoms with Crippen molar-refractivity contribution in [2.45, 2.75) is 23.3 Å². The van der Waals surface area contributed by atoms with Gasteiger partial charge in [0.1, 0.15) is 23.0 Å². The zero-order chi connectivity index (χ0) is 29.7. The van der Waals surface area contributed by atoms with Crippen LogP contribution in [0.4, 0.5) is 17.5 Å². The third-order valence-electron chi connectivity index (χ3n) is 6.60. The van der Waals surface area contributed by atoms with Crippen molar-refractivity contribution in [3.63, 3.8) is 0 Å². The zero-order valence-electron chi connectivity index (χ0n) is 22.6. The smallest absolute Gasteiger partial charge is 0.277 e. The maximum absolute atomic E-state index is 11.9. The Bertz CT molecular complexity index is 1630. The lowest BCUT2D eigenvalue weighted by Crippen LogP contribution is -2.47. The number of hydrogen-bond acceptors (Lipinski definition) is 12. The van der Waals surface area contributed by atoms with Crippen LogP contribution in [-0.4, -0.2) is 74.0 Å². The van der Waals surface area contributed by atoms with Crippen LogP contribution >= 0.6 is 11.8 Å². The number of sulfonamides is 1. The largest absolute Gasteiger partial charge is 0.352 e. The van der Waals surface area contributed by atoms with E-state index in [1.807, 2.05) is 16.7 Å². The first-order chi connectivity index (χ1) is 19.6. The van der Waals surface area contributed by atoms with E-state index in [2.05, 4.69) is 22.1 Å². The first-order valence-corrected chi connectivity index (χ1v) is 15.1. The number of piperazine rings is 1. The van der Waals surface area contributed by atoms with Gasteiger partial charge in [0.15, 0.2) is 0 Å². The molecule has 0 spiro atoms. The average molecular weight is 594 g/mol. The highest BCUT2D eigenvalue weighted by Gasteiger charge is 2.27. The summed E-state index contributed by atoms with van der Waals surface area (Å²) < 4.78 is 24.9. The number of hydroxylamine groups is 1. The van der Waals surface area contributed by atoms with Crippen molar-refractivity contribution < 1.29 is 18.4 Å². The molecule has 1 aliphatic heterocycles. The van der Waals surface area contributed by atoms with Crippen LogP contribution in [-0.2, 0) is 16.4 Å². The monoisotopic (exact) mass is 593 g/mol. The number of carbonyl (C=O) groups is 1. The number of rotatable bonds is 8. The predicted octanol–water partition coefficient (Wildman–Crippen LogP) is 2.17. The molecule has 0 radical (unpaired) electrons. The number of benzene rings is 1. The molecule has 2 N–H and O–H groups in total. The summed E-state index contributed by atoms with van der Waals surface area (Å²) in [5, 5.41) is 29.3. The molecular weight excluding hydrogens is 566 g/mol. The summed E-state index contributed by atoms with van der Waals surface area (Å²) in [6.07, 6.45) is 4.26. The van der Waals surface area contributed by atoms with Gasteiger partial charge >= 0.3 is 0 Å². The fraction of sp³-hybridized carbons (Fsp3) is 0.308. The minimum Gasteiger partial charge on any atom is -0.352 e. The van der Waals surface area contributed by atoms with Crippen molar-refractivity contribution in [3.8, 4) is 12.1 Å². The van der Waals surface area contributed by atoms with Crippen molar-refractivity contribution in [1.29, 1.82) is 10.5 Å². The van der Waals surface area contributed by atoms with Crippen molar-refractivity contribution >= 4 is 45.1 Å². The fourth-order valence-electron chi connectivity index (χ4n) is 4.30. The molecule has 0 aliphatic carbocycles. The first kappa shape index (κ1) is 29.5. The van der Waals surface area contributed by atoms with E-state index in [0.717, 1.165) is 11.2 Å². The maximum atomic E-state index is 11.9. The van der Waals surface area contributed by atoms with Gasteiger partial charge in [-0.2, -0.15) is 10.5 Å². The van der Waals surface area contributed by atoms with Gasteiger partial charge in [0, 0.05) is 50.5 Å². The van der Waals surface area contributed by atoms with Gasteiger partial charge in [0.2, 0.25) is 16.0 Å². The molecule has 13 nitrogen and oxygen atoms in total. The van der Waals surface area contributed by atoms with E-state index in [0.29, 0.717) is 71.8 Å². The number of nitrogens with one attached hydrogen (secondary N) is 1. The Labute approximate surface area is 242 Å². The number of nitrogens with zero attached hydrogens (tertiary/aromatic N) is 8. The Kier molecular flexibility index (Phi) is 8.92. The maximum Gasteiger partial charge on any atom is 0.277 e. The lowest BCUT2D eigenvalue weighted by Gasteiger charge is -2.36. The topological polar surface area (TPSA) is 179 Å². The van der Waals surface area contributed by atoms with Gasteiger partial charge in [0.25, 0.3) is 5.91 Å². The fourth-order valence-corrected chi connectivity index (χ4v) is 5.70. The molecule has 0 bridgehead atoms. The van der Waals surface area contributed by atoms with Gasteiger partial charge in [-0.15, -0.1) is 0 Å². The molecule has 41 heavy (non-hydrogen) atoms. The highest BCUT2D eigenvalue weighted by atomic mass is 32.2. The summed E-state index contributed by atoms with van der Waals surface area (Å²) in [7, 11) is -1.93.